The summed E-state index contributed by atoms with van der Waals surface area (Å²) in [6.07, 6.45) is 7.02. The van der Waals surface area contributed by atoms with E-state index in [1.807, 2.05) is 6.07 Å². The molecule has 0 saturated carbocycles. The van der Waals surface area contributed by atoms with Crippen molar-refractivity contribution in [3.8, 4) is 0 Å². The normalized spacial score (nSPS) is 11.5. The molecule has 0 unspecified atom stereocenters. The lowest BCUT2D eigenvalue weighted by Gasteiger charge is -2.29. The first-order valence-corrected chi connectivity index (χ1v) is 16.1. The number of aromatic amines is 1. The van der Waals surface area contributed by atoms with Gasteiger partial charge in [0.15, 0.2) is 0 Å². The van der Waals surface area contributed by atoms with Crippen LogP contribution >= 0.6 is 0 Å². The predicted molar refractivity (Wildman–Crippen MR) is 180 cm³/mol. The van der Waals surface area contributed by atoms with Gasteiger partial charge in [-0.05, 0) is 62.3 Å². The molecule has 1 N–H and O–H groups in total. The van der Waals surface area contributed by atoms with Gasteiger partial charge in [-0.3, -0.25) is 4.90 Å². The highest BCUT2D eigenvalue weighted by Crippen LogP contribution is 2.35. The fourth-order valence-corrected chi connectivity index (χ4v) is 5.11. The highest BCUT2D eigenvalue weighted by Gasteiger charge is 2.23. The Labute approximate surface area is 253 Å². The third-order valence-electron chi connectivity index (χ3n) is 7.75. The van der Waals surface area contributed by atoms with Gasteiger partial charge in [-0.15, -0.1) is 0 Å². The van der Waals surface area contributed by atoms with Crippen molar-refractivity contribution in [2.75, 3.05) is 40.9 Å². The summed E-state index contributed by atoms with van der Waals surface area (Å²) in [6.45, 7) is 17.2. The maximum absolute atomic E-state index is 5.23. The third-order valence-corrected chi connectivity index (χ3v) is 7.75. The Morgan fingerprint density at radius 3 is 1.93 bits per heavy atom. The van der Waals surface area contributed by atoms with E-state index in [-0.39, 0.29) is 0 Å². The van der Waals surface area contributed by atoms with E-state index < -0.39 is 0 Å². The maximum atomic E-state index is 5.23. The Kier molecular flexibility index (Phi) is 11.6. The lowest BCUT2D eigenvalue weighted by atomic mass is 10.1. The molecule has 0 atom stereocenters. The van der Waals surface area contributed by atoms with Gasteiger partial charge in [0.05, 0.1) is 5.69 Å². The molecule has 0 spiro atoms. The highest BCUT2D eigenvalue weighted by atomic mass is 15.4. The molecule has 4 aromatic rings. The molecule has 7 heteroatoms. The van der Waals surface area contributed by atoms with Crippen molar-refractivity contribution < 1.29 is 0 Å². The molecule has 42 heavy (non-hydrogen) atoms. The van der Waals surface area contributed by atoms with Gasteiger partial charge in [0.2, 0.25) is 17.8 Å². The number of aromatic nitrogens is 4. The minimum Gasteiger partial charge on any atom is -0.341 e. The number of para-hydroxylation sites is 2. The molecule has 0 aliphatic rings. The van der Waals surface area contributed by atoms with Crippen molar-refractivity contribution >= 4 is 40.3 Å². The molecule has 0 saturated heterocycles. The Morgan fingerprint density at radius 2 is 1.29 bits per heavy atom. The van der Waals surface area contributed by atoms with Crippen molar-refractivity contribution in [3.63, 3.8) is 0 Å². The Balaban J connectivity index is 1.85. The highest BCUT2D eigenvalue weighted by molar-refractivity contribution is 5.87. The minimum absolute atomic E-state index is 0.605. The average Bonchev–Trinajstić information content (AvgIpc) is 3.41. The summed E-state index contributed by atoms with van der Waals surface area (Å²) in [5, 5.41) is 1.16. The number of fused-ring (bicyclic) bond motifs is 1. The number of nitrogens with one attached hydrogen (secondary N) is 1. The van der Waals surface area contributed by atoms with Crippen LogP contribution in [0, 0.1) is 11.8 Å². The summed E-state index contributed by atoms with van der Waals surface area (Å²) in [4.78, 5) is 26.0. The number of hydrogen-bond acceptors (Lipinski definition) is 6. The molecule has 0 aliphatic heterocycles. The molecule has 2 aromatic carbocycles. The van der Waals surface area contributed by atoms with Crippen molar-refractivity contribution in [3.05, 3.63) is 60.7 Å². The first kappa shape index (κ1) is 31.3. The van der Waals surface area contributed by atoms with Gasteiger partial charge >= 0.3 is 0 Å². The van der Waals surface area contributed by atoms with Crippen LogP contribution in [0.5, 0.6) is 0 Å². The number of unbranched alkanes of at least 4 members (excludes halogenated alkanes) is 3. The van der Waals surface area contributed by atoms with Gasteiger partial charge in [-0.25, -0.2) is 0 Å². The molecular formula is C35H51N7. The Bertz CT molecular complexity index is 1310. The Hall–Kier alpha value is -3.61. The number of nitrogens with zero attached hydrogens (tertiary/aromatic N) is 6. The average molecular weight is 570 g/mol. The molecule has 4 rings (SSSR count). The minimum atomic E-state index is 0.605. The second-order valence-corrected chi connectivity index (χ2v) is 12.1. The van der Waals surface area contributed by atoms with E-state index >= 15 is 0 Å². The molecule has 226 valence electrons. The monoisotopic (exact) mass is 569 g/mol. The second kappa shape index (κ2) is 15.6. The van der Waals surface area contributed by atoms with Crippen molar-refractivity contribution in [2.45, 2.75) is 80.1 Å². The fourth-order valence-electron chi connectivity index (χ4n) is 5.11. The van der Waals surface area contributed by atoms with E-state index in [4.69, 9.17) is 15.0 Å². The second-order valence-electron chi connectivity index (χ2n) is 12.1. The van der Waals surface area contributed by atoms with Crippen molar-refractivity contribution in [2.24, 2.45) is 11.8 Å². The number of H-pyrrole nitrogens is 1. The van der Waals surface area contributed by atoms with Crippen LogP contribution in [0.2, 0.25) is 0 Å². The predicted octanol–water partition coefficient (Wildman–Crippen LogP) is 9.13. The van der Waals surface area contributed by atoms with Crippen molar-refractivity contribution in [1.82, 2.24) is 19.9 Å². The van der Waals surface area contributed by atoms with E-state index in [1.165, 1.54) is 19.3 Å². The quantitative estimate of drug-likeness (QED) is 0.128. The van der Waals surface area contributed by atoms with E-state index in [2.05, 4.69) is 116 Å². The number of rotatable bonds is 17. The molecule has 2 aromatic heterocycles. The van der Waals surface area contributed by atoms with Gasteiger partial charge < -0.3 is 14.8 Å². The summed E-state index contributed by atoms with van der Waals surface area (Å²) < 4.78 is 0. The molecule has 0 fully saturated rings. The molecule has 2 heterocycles. The molecule has 0 aliphatic carbocycles. The molecule has 0 amide bonds. The van der Waals surface area contributed by atoms with Gasteiger partial charge in [0.25, 0.3) is 0 Å². The number of anilines is 5. The summed E-state index contributed by atoms with van der Waals surface area (Å²) in [6, 6.07) is 21.0. The zero-order valence-corrected chi connectivity index (χ0v) is 26.7. The summed E-state index contributed by atoms with van der Waals surface area (Å²) in [5.74, 6) is 4.30. The zero-order chi connectivity index (χ0) is 29.9. The maximum Gasteiger partial charge on any atom is 0.242 e. The summed E-state index contributed by atoms with van der Waals surface area (Å²) in [5.41, 5.74) is 2.10. The van der Waals surface area contributed by atoms with Crippen LogP contribution in [0.15, 0.2) is 60.7 Å². The van der Waals surface area contributed by atoms with Gasteiger partial charge in [-0.1, -0.05) is 90.3 Å². The molecule has 0 radical (unpaired) electrons. The number of benzene rings is 2. The Morgan fingerprint density at radius 1 is 0.667 bits per heavy atom. The van der Waals surface area contributed by atoms with Crippen LogP contribution in [-0.4, -0.2) is 46.1 Å². The standard InChI is InChI=1S/C35H51N7/c1-7-9-10-16-23-41(25-22-28(5)6)34-37-33(40(8-2)24-21-27(3)4)38-35(39-34)42(30-18-12-11-13-19-30)32-26-29-17-14-15-20-31(29)36-32/h11-15,17-20,26-28,36H,7-10,16,21-25H2,1-6H3. The van der Waals surface area contributed by atoms with E-state index in [0.29, 0.717) is 17.8 Å². The SMILES string of the molecule is CCCCCCN(CCC(C)C)c1nc(N(CC)CCC(C)C)nc(N(c2ccccc2)c2cc3ccccc3[nH]2)n1. The summed E-state index contributed by atoms with van der Waals surface area (Å²) >= 11 is 0. The van der Waals surface area contributed by atoms with Crippen LogP contribution in [-0.2, 0) is 0 Å². The van der Waals surface area contributed by atoms with E-state index in [0.717, 1.165) is 79.7 Å². The smallest absolute Gasteiger partial charge is 0.242 e. The lowest BCUT2D eigenvalue weighted by Crippen LogP contribution is -2.32. The third kappa shape index (κ3) is 8.46. The number of hydrogen-bond donors (Lipinski definition) is 1. The zero-order valence-electron chi connectivity index (χ0n) is 26.7. The van der Waals surface area contributed by atoms with Gasteiger partial charge in [0.1, 0.15) is 5.82 Å². The molecule has 0 bridgehead atoms. The first-order chi connectivity index (χ1) is 20.4. The van der Waals surface area contributed by atoms with Crippen LogP contribution < -0.4 is 14.7 Å². The first-order valence-electron chi connectivity index (χ1n) is 16.1. The van der Waals surface area contributed by atoms with Crippen LogP contribution in [0.4, 0.5) is 29.4 Å². The topological polar surface area (TPSA) is 64.2 Å². The van der Waals surface area contributed by atoms with Gasteiger partial charge in [0, 0.05) is 37.1 Å². The molecule has 7 nitrogen and oxygen atoms in total. The van der Waals surface area contributed by atoms with Gasteiger partial charge in [-0.2, -0.15) is 15.0 Å². The summed E-state index contributed by atoms with van der Waals surface area (Å²) in [7, 11) is 0. The lowest BCUT2D eigenvalue weighted by molar-refractivity contribution is 0.552. The van der Waals surface area contributed by atoms with Crippen LogP contribution in [0.1, 0.15) is 80.1 Å². The van der Waals surface area contributed by atoms with Crippen LogP contribution in [0.25, 0.3) is 10.9 Å². The van der Waals surface area contributed by atoms with E-state index in [9.17, 15) is 0 Å². The van der Waals surface area contributed by atoms with Crippen molar-refractivity contribution in [1.29, 1.82) is 0 Å². The van der Waals surface area contributed by atoms with Crippen LogP contribution in [0.3, 0.4) is 0 Å². The molecular weight excluding hydrogens is 518 g/mol. The van der Waals surface area contributed by atoms with E-state index in [1.54, 1.807) is 0 Å². The largest absolute Gasteiger partial charge is 0.341 e. The fraction of sp³-hybridized carbons (Fsp3) is 0.514.